The largest absolute Gasteiger partial charge is 0.356 e. The quantitative estimate of drug-likeness (QED) is 0.438. The van der Waals surface area contributed by atoms with Crippen LogP contribution in [-0.2, 0) is 6.54 Å². The summed E-state index contributed by atoms with van der Waals surface area (Å²) in [6.45, 7) is 7.92. The first-order valence-electron chi connectivity index (χ1n) is 7.72. The number of nitrogens with zero attached hydrogens (tertiary/aromatic N) is 3. The summed E-state index contributed by atoms with van der Waals surface area (Å²) in [6, 6.07) is 10.2. The highest BCUT2D eigenvalue weighted by atomic mass is 127. The van der Waals surface area contributed by atoms with Gasteiger partial charge in [0.05, 0.1) is 11.4 Å². The lowest BCUT2D eigenvalue weighted by atomic mass is 10.2. The van der Waals surface area contributed by atoms with Crippen LogP contribution in [0.25, 0.3) is 5.69 Å². The highest BCUT2D eigenvalue weighted by Gasteiger charge is 2.12. The second-order valence-corrected chi connectivity index (χ2v) is 5.25. The maximum atomic E-state index is 4.66. The molecule has 0 fully saturated rings. The van der Waals surface area contributed by atoms with Crippen LogP contribution in [0.1, 0.15) is 30.3 Å². The number of hydrogen-bond donors (Lipinski definition) is 2. The van der Waals surface area contributed by atoms with Crippen LogP contribution in [0.2, 0.25) is 0 Å². The third kappa shape index (κ3) is 4.95. The average Bonchev–Trinajstić information content (AvgIpc) is 2.83. The van der Waals surface area contributed by atoms with E-state index in [4.69, 9.17) is 0 Å². The first-order chi connectivity index (χ1) is 10.7. The predicted molar refractivity (Wildman–Crippen MR) is 107 cm³/mol. The van der Waals surface area contributed by atoms with Crippen molar-refractivity contribution in [2.45, 2.75) is 33.7 Å². The molecule has 0 amide bonds. The third-order valence-electron chi connectivity index (χ3n) is 3.64. The van der Waals surface area contributed by atoms with Gasteiger partial charge in [0, 0.05) is 31.4 Å². The molecule has 2 N–H and O–H groups in total. The summed E-state index contributed by atoms with van der Waals surface area (Å²) in [7, 11) is 1.79. The van der Waals surface area contributed by atoms with Crippen molar-refractivity contribution in [3.63, 3.8) is 0 Å². The van der Waals surface area contributed by atoms with Gasteiger partial charge in [0.25, 0.3) is 0 Å². The van der Waals surface area contributed by atoms with Gasteiger partial charge in [-0.15, -0.1) is 24.0 Å². The fourth-order valence-corrected chi connectivity index (χ4v) is 2.39. The Morgan fingerprint density at radius 1 is 1.17 bits per heavy atom. The second-order valence-electron chi connectivity index (χ2n) is 5.25. The summed E-state index contributed by atoms with van der Waals surface area (Å²) in [5.41, 5.74) is 4.49. The van der Waals surface area contributed by atoms with Crippen molar-refractivity contribution in [3.8, 4) is 5.69 Å². The van der Waals surface area contributed by atoms with Crippen LogP contribution in [0.5, 0.6) is 0 Å². The molecule has 0 spiro atoms. The number of hydrogen-bond acceptors (Lipinski definition) is 2. The maximum absolute atomic E-state index is 4.66. The minimum Gasteiger partial charge on any atom is -0.356 e. The molecule has 0 saturated carbocycles. The Kier molecular flexibility index (Phi) is 8.08. The van der Waals surface area contributed by atoms with Crippen molar-refractivity contribution in [2.75, 3.05) is 13.6 Å². The van der Waals surface area contributed by atoms with Crippen LogP contribution >= 0.6 is 24.0 Å². The highest BCUT2D eigenvalue weighted by Crippen LogP contribution is 2.17. The Bertz CT molecular complexity index is 634. The van der Waals surface area contributed by atoms with Crippen LogP contribution in [-0.4, -0.2) is 29.3 Å². The summed E-state index contributed by atoms with van der Waals surface area (Å²) in [6.07, 6.45) is 1.07. The fourth-order valence-electron chi connectivity index (χ4n) is 2.39. The van der Waals surface area contributed by atoms with E-state index in [1.807, 2.05) is 29.8 Å². The second kappa shape index (κ2) is 9.54. The molecule has 0 radical (unpaired) electrons. The van der Waals surface area contributed by atoms with Crippen molar-refractivity contribution < 1.29 is 0 Å². The summed E-state index contributed by atoms with van der Waals surface area (Å²) in [5, 5.41) is 11.3. The lowest BCUT2D eigenvalue weighted by molar-refractivity contribution is 0.777. The summed E-state index contributed by atoms with van der Waals surface area (Å²) in [4.78, 5) is 4.23. The smallest absolute Gasteiger partial charge is 0.191 e. The van der Waals surface area contributed by atoms with E-state index in [1.165, 1.54) is 5.56 Å². The van der Waals surface area contributed by atoms with E-state index < -0.39 is 0 Å². The number of aliphatic imine (C=N–C) groups is 1. The van der Waals surface area contributed by atoms with Gasteiger partial charge in [0.2, 0.25) is 0 Å². The minimum atomic E-state index is 0. The zero-order valence-corrected chi connectivity index (χ0v) is 16.6. The lowest BCUT2D eigenvalue weighted by Crippen LogP contribution is -2.37. The molecule has 0 aliphatic heterocycles. The standard InChI is InChI=1S/C17H25N5.HI/c1-5-11-19-17(18-4)20-12-16-13(2)21-22(14(16)3)15-9-7-6-8-10-15;/h6-10H,5,11-12H2,1-4H3,(H2,18,19,20);1H. The zero-order chi connectivity index (χ0) is 15.9. The molecule has 1 heterocycles. The molecule has 6 heteroatoms. The van der Waals surface area contributed by atoms with E-state index in [9.17, 15) is 0 Å². The van der Waals surface area contributed by atoms with E-state index in [0.717, 1.165) is 36.0 Å². The van der Waals surface area contributed by atoms with Crippen molar-refractivity contribution in [3.05, 3.63) is 47.3 Å². The molecular weight excluding hydrogens is 401 g/mol. The van der Waals surface area contributed by atoms with E-state index in [2.05, 4.69) is 46.7 Å². The average molecular weight is 427 g/mol. The fraction of sp³-hybridized carbons (Fsp3) is 0.412. The molecule has 2 rings (SSSR count). The van der Waals surface area contributed by atoms with Crippen molar-refractivity contribution in [1.82, 2.24) is 20.4 Å². The summed E-state index contributed by atoms with van der Waals surface area (Å²) in [5.74, 6) is 0.827. The van der Waals surface area contributed by atoms with Crippen molar-refractivity contribution in [2.24, 2.45) is 4.99 Å². The van der Waals surface area contributed by atoms with E-state index in [0.29, 0.717) is 6.54 Å². The molecule has 2 aromatic rings. The first kappa shape index (κ1) is 19.5. The number of guanidine groups is 1. The van der Waals surface area contributed by atoms with Gasteiger partial charge in [-0.25, -0.2) is 4.68 Å². The first-order valence-corrected chi connectivity index (χ1v) is 7.72. The minimum absolute atomic E-state index is 0. The Balaban J connectivity index is 0.00000264. The van der Waals surface area contributed by atoms with Gasteiger partial charge in [-0.1, -0.05) is 25.1 Å². The Hall–Kier alpha value is -1.57. The molecule has 0 aliphatic rings. The van der Waals surface area contributed by atoms with Crippen molar-refractivity contribution in [1.29, 1.82) is 0 Å². The third-order valence-corrected chi connectivity index (χ3v) is 3.64. The molecule has 0 atom stereocenters. The van der Waals surface area contributed by atoms with Crippen LogP contribution in [0, 0.1) is 13.8 Å². The molecule has 126 valence electrons. The van der Waals surface area contributed by atoms with Crippen LogP contribution in [0.15, 0.2) is 35.3 Å². The monoisotopic (exact) mass is 427 g/mol. The van der Waals surface area contributed by atoms with Gasteiger partial charge in [-0.2, -0.15) is 5.10 Å². The molecule has 23 heavy (non-hydrogen) atoms. The molecule has 0 unspecified atom stereocenters. The van der Waals surface area contributed by atoms with Gasteiger partial charge in [0.1, 0.15) is 0 Å². The SMILES string of the molecule is CCCNC(=NC)NCc1c(C)nn(-c2ccccc2)c1C.I. The number of halogens is 1. The number of benzene rings is 1. The maximum Gasteiger partial charge on any atom is 0.191 e. The molecular formula is C17H26IN5. The van der Waals surface area contributed by atoms with E-state index in [-0.39, 0.29) is 24.0 Å². The number of aryl methyl sites for hydroxylation is 1. The molecule has 0 saturated heterocycles. The van der Waals surface area contributed by atoms with Gasteiger partial charge in [0.15, 0.2) is 5.96 Å². The normalized spacial score (nSPS) is 11.0. The van der Waals surface area contributed by atoms with Crippen LogP contribution < -0.4 is 10.6 Å². The van der Waals surface area contributed by atoms with E-state index >= 15 is 0 Å². The number of para-hydroxylation sites is 1. The van der Waals surface area contributed by atoms with Crippen LogP contribution in [0.3, 0.4) is 0 Å². The summed E-state index contributed by atoms with van der Waals surface area (Å²) < 4.78 is 1.99. The molecule has 1 aromatic heterocycles. The summed E-state index contributed by atoms with van der Waals surface area (Å²) >= 11 is 0. The zero-order valence-electron chi connectivity index (χ0n) is 14.3. The molecule has 0 aliphatic carbocycles. The lowest BCUT2D eigenvalue weighted by Gasteiger charge is -2.11. The van der Waals surface area contributed by atoms with Gasteiger partial charge < -0.3 is 10.6 Å². The number of nitrogens with one attached hydrogen (secondary N) is 2. The van der Waals surface area contributed by atoms with Crippen LogP contribution in [0.4, 0.5) is 0 Å². The van der Waals surface area contributed by atoms with Gasteiger partial charge in [-0.3, -0.25) is 4.99 Å². The Morgan fingerprint density at radius 2 is 1.87 bits per heavy atom. The number of rotatable bonds is 5. The molecule has 5 nitrogen and oxygen atoms in total. The topological polar surface area (TPSA) is 54.2 Å². The Morgan fingerprint density at radius 3 is 2.48 bits per heavy atom. The Labute approximate surface area is 155 Å². The van der Waals surface area contributed by atoms with E-state index in [1.54, 1.807) is 7.05 Å². The number of aromatic nitrogens is 2. The predicted octanol–water partition coefficient (Wildman–Crippen LogP) is 3.18. The molecule has 0 bridgehead atoms. The van der Waals surface area contributed by atoms with Gasteiger partial charge >= 0.3 is 0 Å². The van der Waals surface area contributed by atoms with Crippen molar-refractivity contribution >= 4 is 29.9 Å². The molecule has 1 aromatic carbocycles. The van der Waals surface area contributed by atoms with Gasteiger partial charge in [-0.05, 0) is 32.4 Å². The highest BCUT2D eigenvalue weighted by molar-refractivity contribution is 14.0.